The average Bonchev–Trinajstić information content (AvgIpc) is 3.70. The summed E-state index contributed by atoms with van der Waals surface area (Å²) in [5.41, 5.74) is 15.9. The van der Waals surface area contributed by atoms with E-state index in [1.807, 2.05) is 56.3 Å². The fourth-order valence-corrected chi connectivity index (χ4v) is 9.25. The minimum atomic E-state index is -0.396. The number of hydrogen-bond acceptors (Lipinski definition) is 4. The molecule has 0 radical (unpaired) electrons. The van der Waals surface area contributed by atoms with Crippen molar-refractivity contribution in [2.75, 3.05) is 0 Å². The van der Waals surface area contributed by atoms with Crippen LogP contribution >= 0.6 is 0 Å². The third-order valence-electron chi connectivity index (χ3n) is 12.2. The van der Waals surface area contributed by atoms with Crippen molar-refractivity contribution >= 4 is 19.0 Å². The van der Waals surface area contributed by atoms with Crippen LogP contribution in [0.2, 0.25) is 0 Å². The molecule has 0 amide bonds. The summed E-state index contributed by atoms with van der Waals surface area (Å²) in [6.45, 7) is 14.9. The number of para-hydroxylation sites is 1. The summed E-state index contributed by atoms with van der Waals surface area (Å²) in [7, 11) is 0. The van der Waals surface area contributed by atoms with Crippen LogP contribution < -0.4 is 9.47 Å². The van der Waals surface area contributed by atoms with E-state index in [1.165, 1.54) is 68.5 Å². The van der Waals surface area contributed by atoms with E-state index in [2.05, 4.69) is 190 Å². The maximum Gasteiger partial charge on any atom is 0.178 e. The van der Waals surface area contributed by atoms with Crippen LogP contribution in [0.5, 0.6) is 23.0 Å². The molecule has 4 nitrogen and oxygen atoms in total. The zero-order chi connectivity index (χ0) is 46.3. The summed E-state index contributed by atoms with van der Waals surface area (Å²) in [6.07, 6.45) is 18.0. The van der Waals surface area contributed by atoms with Crippen LogP contribution in [0.25, 0.3) is 27.8 Å². The SMILES string of the molecule is C=N.C=NCc1ccccc1.CC.Cc1ccc(-c2cccc3c2Oc2c(ccc4c2-c2ccccc2C4(C2=CC=CCC2)c2ccccc2)O3)cc1.Cc1ccccc1C1=CCCC=C1. The lowest BCUT2D eigenvalue weighted by Gasteiger charge is -2.37. The lowest BCUT2D eigenvalue weighted by atomic mass is 9.65. The topological polar surface area (TPSA) is 54.7 Å². The molecule has 7 aromatic carbocycles. The zero-order valence-electron chi connectivity index (χ0n) is 38.8. The second-order valence-electron chi connectivity index (χ2n) is 16.2. The van der Waals surface area contributed by atoms with Crippen molar-refractivity contribution < 1.29 is 9.47 Å². The number of allylic oxidation sites excluding steroid dienone is 8. The van der Waals surface area contributed by atoms with Crippen LogP contribution in [-0.2, 0) is 12.0 Å². The molecule has 7 aromatic rings. The second-order valence-corrected chi connectivity index (χ2v) is 16.2. The molecule has 1 heterocycles. The van der Waals surface area contributed by atoms with Gasteiger partial charge in [0.15, 0.2) is 23.0 Å². The van der Waals surface area contributed by atoms with Gasteiger partial charge in [-0.2, -0.15) is 0 Å². The molecule has 0 saturated heterocycles. The normalized spacial score (nSPS) is 15.3. The van der Waals surface area contributed by atoms with Crippen LogP contribution in [0.15, 0.2) is 211 Å². The number of fused-ring (bicyclic) bond motifs is 6. The molecule has 0 saturated carbocycles. The Morgan fingerprint density at radius 2 is 1.26 bits per heavy atom. The van der Waals surface area contributed by atoms with Crippen LogP contribution in [0.3, 0.4) is 0 Å². The summed E-state index contributed by atoms with van der Waals surface area (Å²) in [5.74, 6) is 3.05. The Morgan fingerprint density at radius 1 is 0.591 bits per heavy atom. The molecule has 0 aromatic heterocycles. The first kappa shape index (κ1) is 46.4. The molecule has 4 heteroatoms. The van der Waals surface area contributed by atoms with Crippen molar-refractivity contribution in [1.29, 1.82) is 5.41 Å². The number of rotatable bonds is 6. The number of aryl methyl sites for hydroxylation is 2. The van der Waals surface area contributed by atoms with Gasteiger partial charge >= 0.3 is 0 Å². The maximum atomic E-state index is 6.95. The second kappa shape index (κ2) is 22.4. The third kappa shape index (κ3) is 9.60. The highest BCUT2D eigenvalue weighted by atomic mass is 16.6. The largest absolute Gasteiger partial charge is 0.449 e. The van der Waals surface area contributed by atoms with Crippen molar-refractivity contribution in [2.24, 2.45) is 4.99 Å². The van der Waals surface area contributed by atoms with E-state index in [-0.39, 0.29) is 0 Å². The van der Waals surface area contributed by atoms with Gasteiger partial charge in [-0.1, -0.05) is 213 Å². The van der Waals surface area contributed by atoms with E-state index in [4.69, 9.17) is 14.9 Å². The maximum absolute atomic E-state index is 6.95. The fourth-order valence-electron chi connectivity index (χ4n) is 9.25. The molecule has 0 spiro atoms. The quantitative estimate of drug-likeness (QED) is 0.169. The Kier molecular flexibility index (Phi) is 15.7. The lowest BCUT2D eigenvalue weighted by Crippen LogP contribution is -2.30. The molecular weight excluding hydrogens is 805 g/mol. The Balaban J connectivity index is 0.000000203. The van der Waals surface area contributed by atoms with Crippen molar-refractivity contribution in [2.45, 2.75) is 65.3 Å². The van der Waals surface area contributed by atoms with Gasteiger partial charge in [-0.15, -0.1) is 0 Å². The number of benzene rings is 7. The van der Waals surface area contributed by atoms with Gasteiger partial charge in [0.25, 0.3) is 0 Å². The summed E-state index contributed by atoms with van der Waals surface area (Å²) >= 11 is 0. The summed E-state index contributed by atoms with van der Waals surface area (Å²) in [5, 5.41) is 5.50. The van der Waals surface area contributed by atoms with Crippen molar-refractivity contribution in [3.8, 4) is 45.3 Å². The van der Waals surface area contributed by atoms with Crippen LogP contribution in [0.1, 0.15) is 78.5 Å². The molecular formula is C62H60N2O2. The van der Waals surface area contributed by atoms with E-state index in [9.17, 15) is 0 Å². The highest BCUT2D eigenvalue weighted by Crippen LogP contribution is 2.63. The van der Waals surface area contributed by atoms with Gasteiger partial charge < -0.3 is 14.9 Å². The molecule has 3 aliphatic carbocycles. The predicted molar refractivity (Wildman–Crippen MR) is 280 cm³/mol. The molecule has 11 rings (SSSR count). The standard InChI is InChI=1S/C38H28O2.C13H14.C8H9N.C2H6.CH3N/c1-25-19-21-26(22-20-25)29-16-10-18-33-36(29)40-37-34(39-33)24-23-32-35(37)30-15-8-9-17-31(30)38(32,27-11-4-2-5-12-27)28-13-6-3-7-14-28;1-11-7-5-6-10-13(11)12-8-3-2-4-9-12;1-9-7-8-5-3-2-4-6-8;2*1-2/h2-6,8-13,15-24H,7,14H2,1H3;3,5-10H,2,4H2,1H3;2-6H,1,7H2;1-2H3;2H,1H2. The van der Waals surface area contributed by atoms with Gasteiger partial charge in [-0.3, -0.25) is 4.99 Å². The van der Waals surface area contributed by atoms with Crippen molar-refractivity contribution in [3.63, 3.8) is 0 Å². The van der Waals surface area contributed by atoms with Crippen LogP contribution in [0, 0.1) is 19.3 Å². The molecule has 1 unspecified atom stereocenters. The van der Waals surface area contributed by atoms with E-state index in [0.29, 0.717) is 0 Å². The smallest absolute Gasteiger partial charge is 0.178 e. The van der Waals surface area contributed by atoms with E-state index in [0.717, 1.165) is 59.1 Å². The summed E-state index contributed by atoms with van der Waals surface area (Å²) < 4.78 is 13.5. The van der Waals surface area contributed by atoms with Gasteiger partial charge in [0, 0.05) is 11.1 Å². The molecule has 0 fully saturated rings. The van der Waals surface area contributed by atoms with Crippen LogP contribution in [-0.4, -0.2) is 13.4 Å². The average molecular weight is 865 g/mol. The van der Waals surface area contributed by atoms with E-state index >= 15 is 0 Å². The third-order valence-corrected chi connectivity index (χ3v) is 12.2. The first-order chi connectivity index (χ1) is 32.6. The minimum absolute atomic E-state index is 0.396. The number of nitrogens with one attached hydrogen (secondary N) is 1. The van der Waals surface area contributed by atoms with Gasteiger partial charge in [0.2, 0.25) is 0 Å². The van der Waals surface area contributed by atoms with E-state index < -0.39 is 5.41 Å². The fraction of sp³-hybridized carbons (Fsp3) is 0.161. The molecule has 1 atom stereocenters. The van der Waals surface area contributed by atoms with Crippen molar-refractivity contribution in [1.82, 2.24) is 0 Å². The first-order valence-electron chi connectivity index (χ1n) is 23.1. The lowest BCUT2D eigenvalue weighted by molar-refractivity contribution is 0.361. The zero-order valence-corrected chi connectivity index (χ0v) is 38.8. The number of aliphatic imine (C=N–C) groups is 1. The number of hydrogen-bond donors (Lipinski definition) is 1. The molecule has 66 heavy (non-hydrogen) atoms. The number of nitrogens with zero attached hydrogens (tertiary/aromatic N) is 1. The Morgan fingerprint density at radius 3 is 1.94 bits per heavy atom. The van der Waals surface area contributed by atoms with Crippen molar-refractivity contribution in [3.05, 3.63) is 245 Å². The molecule has 1 aliphatic heterocycles. The minimum Gasteiger partial charge on any atom is -0.449 e. The van der Waals surface area contributed by atoms with Gasteiger partial charge in [-0.05, 0) is 115 Å². The highest BCUT2D eigenvalue weighted by molar-refractivity contribution is 5.92. The van der Waals surface area contributed by atoms with Gasteiger partial charge in [0.05, 0.1) is 12.0 Å². The summed E-state index contributed by atoms with van der Waals surface area (Å²) in [4.78, 5) is 3.76. The first-order valence-corrected chi connectivity index (χ1v) is 23.1. The predicted octanol–water partition coefficient (Wildman–Crippen LogP) is 17.1. The highest BCUT2D eigenvalue weighted by Gasteiger charge is 2.49. The van der Waals surface area contributed by atoms with Crippen LogP contribution in [0.4, 0.5) is 0 Å². The Labute approximate surface area is 392 Å². The Hall–Kier alpha value is -7.56. The monoisotopic (exact) mass is 864 g/mol. The van der Waals surface area contributed by atoms with Gasteiger partial charge in [0.1, 0.15) is 0 Å². The molecule has 0 bridgehead atoms. The molecule has 1 N–H and O–H groups in total. The van der Waals surface area contributed by atoms with Gasteiger partial charge in [-0.25, -0.2) is 0 Å². The molecule has 330 valence electrons. The molecule has 4 aliphatic rings. The summed E-state index contributed by atoms with van der Waals surface area (Å²) in [6, 6.07) is 57.5. The van der Waals surface area contributed by atoms with E-state index in [1.54, 1.807) is 0 Å². The number of ether oxygens (including phenoxy) is 2. The Bertz CT molecular complexity index is 2870.